The van der Waals surface area contributed by atoms with Crippen molar-refractivity contribution in [1.82, 2.24) is 10.2 Å². The van der Waals surface area contributed by atoms with E-state index in [2.05, 4.69) is 10.2 Å². The van der Waals surface area contributed by atoms with Crippen LogP contribution in [-0.2, 0) is 5.88 Å². The highest BCUT2D eigenvalue weighted by Crippen LogP contribution is 2.27. The van der Waals surface area contributed by atoms with Gasteiger partial charge in [0.05, 0.1) is 5.88 Å². The average molecular weight is 205 g/mol. The average Bonchev–Trinajstić information content (AvgIpc) is 2.44. The fourth-order valence-electron chi connectivity index (χ4n) is 0.971. The van der Waals surface area contributed by atoms with Gasteiger partial charge >= 0.3 is 0 Å². The lowest BCUT2D eigenvalue weighted by molar-refractivity contribution is 0.119. The van der Waals surface area contributed by atoms with Crippen molar-refractivity contribution in [2.75, 3.05) is 0 Å². The van der Waals surface area contributed by atoms with E-state index in [1.54, 1.807) is 0 Å². The van der Waals surface area contributed by atoms with Crippen LogP contribution < -0.4 is 4.74 Å². The first-order valence-corrected chi connectivity index (χ1v) is 5.28. The zero-order chi connectivity index (χ0) is 8.39. The third-order valence-corrected chi connectivity index (χ3v) is 3.11. The second-order valence-corrected chi connectivity index (χ2v) is 4.06. The summed E-state index contributed by atoms with van der Waals surface area (Å²) in [6.45, 7) is 0. The summed E-state index contributed by atoms with van der Waals surface area (Å²) in [7, 11) is 0. The Kier molecular flexibility index (Phi) is 2.46. The molecule has 1 aromatic rings. The second kappa shape index (κ2) is 3.58. The van der Waals surface area contributed by atoms with Gasteiger partial charge in [-0.2, -0.15) is 0 Å². The number of aromatic nitrogens is 2. The van der Waals surface area contributed by atoms with Gasteiger partial charge in [-0.1, -0.05) is 11.3 Å². The molecule has 12 heavy (non-hydrogen) atoms. The Morgan fingerprint density at radius 1 is 1.50 bits per heavy atom. The van der Waals surface area contributed by atoms with E-state index in [-0.39, 0.29) is 0 Å². The van der Waals surface area contributed by atoms with Gasteiger partial charge in [0.2, 0.25) is 0 Å². The molecular weight excluding hydrogens is 196 g/mol. The van der Waals surface area contributed by atoms with Crippen molar-refractivity contribution in [3.63, 3.8) is 0 Å². The fourth-order valence-corrected chi connectivity index (χ4v) is 1.79. The molecule has 5 heteroatoms. The molecule has 0 bridgehead atoms. The van der Waals surface area contributed by atoms with Crippen LogP contribution >= 0.6 is 22.9 Å². The summed E-state index contributed by atoms with van der Waals surface area (Å²) in [5.41, 5.74) is 0. The first kappa shape index (κ1) is 8.26. The number of ether oxygens (including phenoxy) is 1. The number of hydrogen-bond acceptors (Lipinski definition) is 4. The molecule has 1 aliphatic rings. The summed E-state index contributed by atoms with van der Waals surface area (Å²) >= 11 is 7.01. The molecule has 0 spiro atoms. The number of rotatable bonds is 3. The Morgan fingerprint density at radius 3 is 2.83 bits per heavy atom. The Bertz CT molecular complexity index is 262. The van der Waals surface area contributed by atoms with Crippen molar-refractivity contribution in [3.8, 4) is 5.19 Å². The largest absolute Gasteiger partial charge is 0.466 e. The van der Waals surface area contributed by atoms with Crippen molar-refractivity contribution in [2.24, 2.45) is 0 Å². The van der Waals surface area contributed by atoms with Crippen LogP contribution in [0.4, 0.5) is 0 Å². The molecule has 0 unspecified atom stereocenters. The van der Waals surface area contributed by atoms with Gasteiger partial charge < -0.3 is 4.74 Å². The number of nitrogens with zero attached hydrogens (tertiary/aromatic N) is 2. The molecule has 0 N–H and O–H groups in total. The molecule has 3 nitrogen and oxygen atoms in total. The summed E-state index contributed by atoms with van der Waals surface area (Å²) < 4.78 is 5.52. The van der Waals surface area contributed by atoms with Gasteiger partial charge in [0, 0.05) is 0 Å². The third-order valence-electron chi connectivity index (χ3n) is 1.88. The zero-order valence-electron chi connectivity index (χ0n) is 6.49. The summed E-state index contributed by atoms with van der Waals surface area (Å²) in [4.78, 5) is 0. The molecule has 1 aliphatic carbocycles. The maximum atomic E-state index is 5.58. The van der Waals surface area contributed by atoms with E-state index in [1.807, 2.05) is 0 Å². The van der Waals surface area contributed by atoms with E-state index < -0.39 is 0 Å². The van der Waals surface area contributed by atoms with Crippen LogP contribution in [-0.4, -0.2) is 16.3 Å². The zero-order valence-corrected chi connectivity index (χ0v) is 8.07. The summed E-state index contributed by atoms with van der Waals surface area (Å²) in [6, 6.07) is 0. The van der Waals surface area contributed by atoms with E-state index in [4.69, 9.17) is 16.3 Å². The van der Waals surface area contributed by atoms with Crippen LogP contribution in [0.2, 0.25) is 0 Å². The minimum absolute atomic E-state index is 0.376. The lowest BCUT2D eigenvalue weighted by Gasteiger charge is -2.24. The molecule has 1 aromatic heterocycles. The maximum absolute atomic E-state index is 5.58. The normalized spacial score (nSPS) is 17.4. The van der Waals surface area contributed by atoms with Crippen LogP contribution in [0.5, 0.6) is 5.19 Å². The van der Waals surface area contributed by atoms with Crippen LogP contribution in [0.25, 0.3) is 0 Å². The summed E-state index contributed by atoms with van der Waals surface area (Å²) in [5.74, 6) is 0.422. The number of hydrogen-bond donors (Lipinski definition) is 0. The molecule has 1 heterocycles. The van der Waals surface area contributed by atoms with Crippen LogP contribution in [0, 0.1) is 0 Å². The van der Waals surface area contributed by atoms with Crippen LogP contribution in [0.15, 0.2) is 0 Å². The smallest absolute Gasteiger partial charge is 0.294 e. The Labute approximate surface area is 79.7 Å². The lowest BCUT2D eigenvalue weighted by atomic mass is 9.96. The SMILES string of the molecule is ClCc1nnc(OC2CCC2)s1. The molecule has 2 rings (SSSR count). The van der Waals surface area contributed by atoms with E-state index in [9.17, 15) is 0 Å². The van der Waals surface area contributed by atoms with Crippen LogP contribution in [0.1, 0.15) is 24.3 Å². The van der Waals surface area contributed by atoms with Crippen molar-refractivity contribution in [1.29, 1.82) is 0 Å². The first-order chi connectivity index (χ1) is 5.88. The van der Waals surface area contributed by atoms with Gasteiger partial charge in [0.25, 0.3) is 5.19 Å². The first-order valence-electron chi connectivity index (χ1n) is 3.93. The van der Waals surface area contributed by atoms with Crippen molar-refractivity contribution >= 4 is 22.9 Å². The van der Waals surface area contributed by atoms with E-state index in [1.165, 1.54) is 17.8 Å². The third kappa shape index (κ3) is 1.69. The maximum Gasteiger partial charge on any atom is 0.294 e. The highest BCUT2D eigenvalue weighted by atomic mass is 35.5. The summed E-state index contributed by atoms with van der Waals surface area (Å²) in [6.07, 6.45) is 3.94. The standard InChI is InChI=1S/C7H9ClN2OS/c8-4-6-9-10-7(12-6)11-5-2-1-3-5/h5H,1-4H2. The fraction of sp³-hybridized carbons (Fsp3) is 0.714. The van der Waals surface area contributed by atoms with Gasteiger partial charge in [-0.15, -0.1) is 21.8 Å². The van der Waals surface area contributed by atoms with Crippen molar-refractivity contribution in [2.45, 2.75) is 31.2 Å². The molecule has 0 radical (unpaired) electrons. The minimum atomic E-state index is 0.376. The minimum Gasteiger partial charge on any atom is -0.466 e. The monoisotopic (exact) mass is 204 g/mol. The predicted octanol–water partition coefficient (Wildman–Crippen LogP) is 2.21. The lowest BCUT2D eigenvalue weighted by Crippen LogP contribution is -2.24. The van der Waals surface area contributed by atoms with E-state index >= 15 is 0 Å². The van der Waals surface area contributed by atoms with Crippen molar-refractivity contribution < 1.29 is 4.74 Å². The summed E-state index contributed by atoms with van der Waals surface area (Å²) in [5, 5.41) is 9.22. The molecule has 0 aliphatic heterocycles. The molecule has 0 saturated heterocycles. The Balaban J connectivity index is 1.93. The predicted molar refractivity (Wildman–Crippen MR) is 47.7 cm³/mol. The quantitative estimate of drug-likeness (QED) is 0.709. The topological polar surface area (TPSA) is 35.0 Å². The molecular formula is C7H9ClN2OS. The van der Waals surface area contributed by atoms with E-state index in [0.29, 0.717) is 17.2 Å². The molecule has 1 fully saturated rings. The van der Waals surface area contributed by atoms with Gasteiger partial charge in [0.1, 0.15) is 11.1 Å². The molecule has 0 aromatic carbocycles. The van der Waals surface area contributed by atoms with Crippen LogP contribution in [0.3, 0.4) is 0 Å². The highest BCUT2D eigenvalue weighted by molar-refractivity contribution is 7.13. The molecule has 0 amide bonds. The van der Waals surface area contributed by atoms with Crippen molar-refractivity contribution in [3.05, 3.63) is 5.01 Å². The van der Waals surface area contributed by atoms with E-state index in [0.717, 1.165) is 17.8 Å². The van der Waals surface area contributed by atoms with Gasteiger partial charge in [0.15, 0.2) is 0 Å². The molecule has 66 valence electrons. The van der Waals surface area contributed by atoms with Gasteiger partial charge in [-0.05, 0) is 19.3 Å². The Hall–Kier alpha value is -0.350. The number of halogens is 1. The van der Waals surface area contributed by atoms with Gasteiger partial charge in [-0.25, -0.2) is 0 Å². The molecule has 0 atom stereocenters. The highest BCUT2D eigenvalue weighted by Gasteiger charge is 2.20. The number of alkyl halides is 1. The van der Waals surface area contributed by atoms with Gasteiger partial charge in [-0.3, -0.25) is 0 Å². The second-order valence-electron chi connectivity index (χ2n) is 2.77. The molecule has 1 saturated carbocycles. The Morgan fingerprint density at radius 2 is 2.33 bits per heavy atom.